The van der Waals surface area contributed by atoms with Crippen LogP contribution in [0.25, 0.3) is 65.7 Å². The predicted molar refractivity (Wildman–Crippen MR) is 265 cm³/mol. The summed E-state index contributed by atoms with van der Waals surface area (Å²) in [5.74, 6) is 1.67. The Hall–Kier alpha value is -8.40. The first-order chi connectivity index (χ1) is 31.2. The van der Waals surface area contributed by atoms with Crippen LogP contribution in [0.4, 0.5) is 34.1 Å². The van der Waals surface area contributed by atoms with Crippen molar-refractivity contribution in [2.24, 2.45) is 0 Å². The second kappa shape index (κ2) is 15.3. The van der Waals surface area contributed by atoms with Gasteiger partial charge in [-0.25, -0.2) is 0 Å². The van der Waals surface area contributed by atoms with Crippen LogP contribution >= 0.6 is 0 Å². The summed E-state index contributed by atoms with van der Waals surface area (Å²) < 4.78 is 7.01. The number of rotatable bonds is 8. The Bertz CT molecular complexity index is 3460. The summed E-state index contributed by atoms with van der Waals surface area (Å²) in [6, 6.07) is 87.0. The number of hydrogen-bond donors (Lipinski definition) is 0. The van der Waals surface area contributed by atoms with Gasteiger partial charge in [0.15, 0.2) is 0 Å². The van der Waals surface area contributed by atoms with Crippen LogP contribution in [-0.2, 0) is 0 Å². The van der Waals surface area contributed by atoms with E-state index in [-0.39, 0.29) is 0 Å². The third kappa shape index (κ3) is 6.46. The number of ether oxygens (including phenoxy) is 1. The Labute approximate surface area is 367 Å². The highest BCUT2D eigenvalue weighted by molar-refractivity contribution is 6.08. The first-order valence-electron chi connectivity index (χ1n) is 21.5. The van der Waals surface area contributed by atoms with Gasteiger partial charge < -0.3 is 14.5 Å². The monoisotopic (exact) mass is 804 g/mol. The van der Waals surface area contributed by atoms with Gasteiger partial charge in [-0.15, -0.1) is 0 Å². The third-order valence-corrected chi connectivity index (χ3v) is 12.4. The van der Waals surface area contributed by atoms with Crippen LogP contribution < -0.4 is 14.5 Å². The molecule has 0 spiro atoms. The second-order valence-electron chi connectivity index (χ2n) is 16.1. The summed E-state index contributed by atoms with van der Waals surface area (Å²) in [6.07, 6.45) is 0. The molecule has 1 aliphatic heterocycles. The molecule has 0 fully saturated rings. The van der Waals surface area contributed by atoms with Crippen molar-refractivity contribution in [3.8, 4) is 44.9 Å². The quantitative estimate of drug-likeness (QED) is 0.152. The number of benzene rings is 11. The van der Waals surface area contributed by atoms with Crippen molar-refractivity contribution in [1.29, 1.82) is 0 Å². The molecular weight excluding hydrogens is 765 g/mol. The van der Waals surface area contributed by atoms with Gasteiger partial charge in [-0.05, 0) is 105 Å². The summed E-state index contributed by atoms with van der Waals surface area (Å²) in [4.78, 5) is 4.74. The Morgan fingerprint density at radius 2 is 0.730 bits per heavy atom. The van der Waals surface area contributed by atoms with E-state index in [1.807, 2.05) is 0 Å². The molecule has 296 valence electrons. The van der Waals surface area contributed by atoms with Crippen LogP contribution in [0.3, 0.4) is 0 Å². The van der Waals surface area contributed by atoms with E-state index in [4.69, 9.17) is 4.74 Å². The van der Waals surface area contributed by atoms with Crippen molar-refractivity contribution < 1.29 is 4.74 Å². The van der Waals surface area contributed by atoms with Gasteiger partial charge in [-0.3, -0.25) is 0 Å². The molecule has 0 bridgehead atoms. The maximum absolute atomic E-state index is 7.01. The minimum atomic E-state index is 0.831. The third-order valence-electron chi connectivity index (χ3n) is 12.4. The van der Waals surface area contributed by atoms with E-state index in [9.17, 15) is 0 Å². The summed E-state index contributed by atoms with van der Waals surface area (Å²) in [6.45, 7) is 0. The number of fused-ring (bicyclic) bond motifs is 4. The fraction of sp³-hybridized carbons (Fsp3) is 0. The molecule has 11 aromatic rings. The van der Waals surface area contributed by atoms with E-state index in [1.54, 1.807) is 0 Å². The maximum Gasteiger partial charge on any atom is 0.138 e. The molecule has 0 radical (unpaired) electrons. The van der Waals surface area contributed by atoms with E-state index in [1.165, 1.54) is 43.8 Å². The number of anilines is 6. The Kier molecular flexibility index (Phi) is 8.83. The Balaban J connectivity index is 0.995. The van der Waals surface area contributed by atoms with E-state index in [2.05, 4.69) is 252 Å². The highest BCUT2D eigenvalue weighted by Gasteiger charge is 2.26. The minimum Gasteiger partial charge on any atom is -0.456 e. The van der Waals surface area contributed by atoms with Gasteiger partial charge in [0.2, 0.25) is 0 Å². The first-order valence-corrected chi connectivity index (χ1v) is 21.5. The summed E-state index contributed by atoms with van der Waals surface area (Å²) in [7, 11) is 0. The van der Waals surface area contributed by atoms with Crippen molar-refractivity contribution in [3.05, 3.63) is 243 Å². The highest BCUT2D eigenvalue weighted by atomic mass is 16.5. The lowest BCUT2D eigenvalue weighted by molar-refractivity contribution is 0.487. The molecule has 12 rings (SSSR count). The molecule has 0 aliphatic carbocycles. The van der Waals surface area contributed by atoms with Gasteiger partial charge in [-0.1, -0.05) is 176 Å². The van der Waals surface area contributed by atoms with Gasteiger partial charge >= 0.3 is 0 Å². The molecule has 0 amide bonds. The van der Waals surface area contributed by atoms with Gasteiger partial charge in [0, 0.05) is 44.9 Å². The van der Waals surface area contributed by atoms with E-state index in [0.29, 0.717) is 0 Å². The average Bonchev–Trinajstić information content (AvgIpc) is 3.35. The summed E-state index contributed by atoms with van der Waals surface area (Å²) in [5.41, 5.74) is 13.4. The van der Waals surface area contributed by atoms with Gasteiger partial charge in [0.1, 0.15) is 11.5 Å². The van der Waals surface area contributed by atoms with Gasteiger partial charge in [-0.2, -0.15) is 0 Å². The smallest absolute Gasteiger partial charge is 0.138 e. The van der Waals surface area contributed by atoms with Crippen molar-refractivity contribution in [1.82, 2.24) is 0 Å². The van der Waals surface area contributed by atoms with E-state index < -0.39 is 0 Å². The average molecular weight is 805 g/mol. The zero-order valence-electron chi connectivity index (χ0n) is 34.4. The van der Waals surface area contributed by atoms with Crippen LogP contribution in [0, 0.1) is 0 Å². The maximum atomic E-state index is 7.01. The molecular formula is C60H40N2O. The lowest BCUT2D eigenvalue weighted by Gasteiger charge is -2.30. The molecule has 0 saturated heterocycles. The van der Waals surface area contributed by atoms with Crippen LogP contribution in [0.2, 0.25) is 0 Å². The first kappa shape index (κ1) is 36.5. The Morgan fingerprint density at radius 3 is 1.32 bits per heavy atom. The number of hydrogen-bond acceptors (Lipinski definition) is 3. The SMILES string of the molecule is c1ccc(-c2ccc(N(c3ccc4c(c3)-c3cccc5cc(N(c6ccc(-c7ccccc7)cc6)c6cccc7ccccc67)cc(c35)O4)c3cccc4ccccc34)cc2)cc1. The van der Waals surface area contributed by atoms with Crippen molar-refractivity contribution in [2.45, 2.75) is 0 Å². The fourth-order valence-corrected chi connectivity index (χ4v) is 9.41. The molecule has 0 aromatic heterocycles. The van der Waals surface area contributed by atoms with E-state index in [0.717, 1.165) is 67.5 Å². The van der Waals surface area contributed by atoms with Crippen molar-refractivity contribution >= 4 is 66.4 Å². The van der Waals surface area contributed by atoms with Crippen LogP contribution in [0.15, 0.2) is 243 Å². The molecule has 0 unspecified atom stereocenters. The van der Waals surface area contributed by atoms with Crippen LogP contribution in [0.5, 0.6) is 11.5 Å². The predicted octanol–water partition coefficient (Wildman–Crippen LogP) is 17.2. The molecule has 1 aliphatic rings. The lowest BCUT2D eigenvalue weighted by atomic mass is 9.93. The van der Waals surface area contributed by atoms with Crippen LogP contribution in [0.1, 0.15) is 0 Å². The number of nitrogens with zero attached hydrogens (tertiary/aromatic N) is 2. The summed E-state index contributed by atoms with van der Waals surface area (Å²) >= 11 is 0. The Morgan fingerprint density at radius 1 is 0.270 bits per heavy atom. The minimum absolute atomic E-state index is 0.831. The van der Waals surface area contributed by atoms with Crippen molar-refractivity contribution in [3.63, 3.8) is 0 Å². The lowest BCUT2D eigenvalue weighted by Crippen LogP contribution is -2.12. The molecule has 0 N–H and O–H groups in total. The van der Waals surface area contributed by atoms with E-state index >= 15 is 0 Å². The highest BCUT2D eigenvalue weighted by Crippen LogP contribution is 2.52. The molecule has 0 atom stereocenters. The summed E-state index contributed by atoms with van der Waals surface area (Å²) in [5, 5.41) is 6.97. The largest absolute Gasteiger partial charge is 0.456 e. The fourth-order valence-electron chi connectivity index (χ4n) is 9.41. The second-order valence-corrected chi connectivity index (χ2v) is 16.1. The van der Waals surface area contributed by atoms with Crippen molar-refractivity contribution in [2.75, 3.05) is 9.80 Å². The van der Waals surface area contributed by atoms with Crippen LogP contribution in [-0.4, -0.2) is 0 Å². The molecule has 3 heteroatoms. The molecule has 1 heterocycles. The van der Waals surface area contributed by atoms with Gasteiger partial charge in [0.25, 0.3) is 0 Å². The zero-order chi connectivity index (χ0) is 41.7. The molecule has 3 nitrogen and oxygen atoms in total. The van der Waals surface area contributed by atoms with Gasteiger partial charge in [0.05, 0.1) is 17.1 Å². The topological polar surface area (TPSA) is 15.7 Å². The standard InChI is InChI=1S/C60H40N2O/c1-3-14-41(15-4-1)43-28-32-48(33-29-43)61(56-26-12-20-45-18-7-9-23-52(45)56)50-36-37-58-55(39-50)54-25-11-22-47-38-51(40-59(63-58)60(47)54)62(57-27-13-21-46-19-8-10-24-53(46)57)49-34-30-44(31-35-49)42-16-5-2-6-17-42/h1-40H. The molecule has 11 aromatic carbocycles. The normalized spacial score (nSPS) is 11.6. The molecule has 63 heavy (non-hydrogen) atoms. The zero-order valence-corrected chi connectivity index (χ0v) is 34.4. The molecule has 0 saturated carbocycles.